The summed E-state index contributed by atoms with van der Waals surface area (Å²) < 4.78 is 6.02. The molecule has 4 aromatic rings. The molecule has 3 heterocycles. The van der Waals surface area contributed by atoms with E-state index in [1.807, 2.05) is 25.3 Å². The molecule has 0 amide bonds. The van der Waals surface area contributed by atoms with Gasteiger partial charge in [-0.2, -0.15) is 0 Å². The van der Waals surface area contributed by atoms with E-state index in [9.17, 15) is 0 Å². The zero-order chi connectivity index (χ0) is 19.6. The number of aromatic nitrogens is 2. The molecule has 2 aromatic heterocycles. The van der Waals surface area contributed by atoms with Crippen LogP contribution in [0.2, 0.25) is 0 Å². The Hall–Kier alpha value is -3.11. The number of hydrogen-bond donors (Lipinski definition) is 1. The highest BCUT2D eigenvalue weighted by atomic mass is 16.5. The zero-order valence-electron chi connectivity index (χ0n) is 16.6. The number of fused-ring (bicyclic) bond motifs is 3. The van der Waals surface area contributed by atoms with Gasteiger partial charge in [0.1, 0.15) is 5.75 Å². The molecule has 0 saturated heterocycles. The van der Waals surface area contributed by atoms with E-state index in [0.29, 0.717) is 6.61 Å². The number of ether oxygens (including phenoxy) is 1. The Kier molecular flexibility index (Phi) is 4.78. The van der Waals surface area contributed by atoms with Gasteiger partial charge in [0, 0.05) is 41.4 Å². The van der Waals surface area contributed by atoms with E-state index in [-0.39, 0.29) is 6.04 Å². The molecule has 4 heteroatoms. The van der Waals surface area contributed by atoms with Crippen molar-refractivity contribution in [3.8, 4) is 5.75 Å². The Bertz CT molecular complexity index is 1120. The van der Waals surface area contributed by atoms with Crippen LogP contribution in [0.5, 0.6) is 5.75 Å². The summed E-state index contributed by atoms with van der Waals surface area (Å²) in [7, 11) is 0. The minimum Gasteiger partial charge on any atom is -0.494 e. The first-order chi connectivity index (χ1) is 14.3. The Morgan fingerprint density at radius 2 is 1.86 bits per heavy atom. The number of pyridine rings is 1. The van der Waals surface area contributed by atoms with Gasteiger partial charge in [0.25, 0.3) is 0 Å². The third kappa shape index (κ3) is 3.30. The van der Waals surface area contributed by atoms with Gasteiger partial charge in [-0.25, -0.2) is 0 Å². The molecule has 1 aliphatic heterocycles. The summed E-state index contributed by atoms with van der Waals surface area (Å²) in [5.41, 5.74) is 6.20. The third-order valence-electron chi connectivity index (χ3n) is 5.74. The molecule has 0 bridgehead atoms. The second-order valence-corrected chi connectivity index (χ2v) is 7.48. The van der Waals surface area contributed by atoms with Crippen LogP contribution in [0.3, 0.4) is 0 Å². The molecule has 1 aliphatic rings. The van der Waals surface area contributed by atoms with Gasteiger partial charge in [0.15, 0.2) is 0 Å². The molecule has 4 nitrogen and oxygen atoms in total. The molecule has 29 heavy (non-hydrogen) atoms. The monoisotopic (exact) mass is 383 g/mol. The van der Waals surface area contributed by atoms with E-state index in [4.69, 9.17) is 4.74 Å². The Balaban J connectivity index is 1.65. The molecular formula is C25H25N3O. The lowest BCUT2D eigenvalue weighted by Gasteiger charge is -2.36. The van der Waals surface area contributed by atoms with Crippen molar-refractivity contribution >= 4 is 10.9 Å². The molecule has 0 fully saturated rings. The lowest BCUT2D eigenvalue weighted by atomic mass is 9.91. The smallest absolute Gasteiger partial charge is 0.124 e. The molecule has 5 rings (SSSR count). The summed E-state index contributed by atoms with van der Waals surface area (Å²) in [5, 5.41) is 1.33. The van der Waals surface area contributed by atoms with Gasteiger partial charge in [-0.1, -0.05) is 42.5 Å². The van der Waals surface area contributed by atoms with Crippen LogP contribution in [0.25, 0.3) is 10.9 Å². The van der Waals surface area contributed by atoms with Gasteiger partial charge < -0.3 is 9.72 Å². The number of hydrogen-bond acceptors (Lipinski definition) is 3. The lowest BCUT2D eigenvalue weighted by molar-refractivity contribution is 0.194. The van der Waals surface area contributed by atoms with E-state index in [1.54, 1.807) is 0 Å². The highest BCUT2D eigenvalue weighted by Crippen LogP contribution is 2.41. The molecule has 1 atom stereocenters. The number of nitrogens with one attached hydrogen (secondary N) is 1. The first-order valence-electron chi connectivity index (χ1n) is 10.3. The second kappa shape index (κ2) is 7.72. The quantitative estimate of drug-likeness (QED) is 0.521. The number of rotatable bonds is 5. The summed E-state index contributed by atoms with van der Waals surface area (Å²) >= 11 is 0. The summed E-state index contributed by atoms with van der Waals surface area (Å²) in [6.45, 7) is 4.48. The standard InChI is InChI=1S/C25H25N3O/c1-2-29-23-13-6-4-11-21(23)25-24-20(19-10-3-5-12-22(19)27-24)14-16-28(25)17-18-9-7-8-15-26-18/h3-13,15,25,27H,2,14,16-17H2,1H3. The largest absolute Gasteiger partial charge is 0.494 e. The van der Waals surface area contributed by atoms with Crippen LogP contribution in [-0.2, 0) is 13.0 Å². The minimum atomic E-state index is 0.107. The molecule has 2 aromatic carbocycles. The van der Waals surface area contributed by atoms with Crippen LogP contribution in [-0.4, -0.2) is 28.0 Å². The fraction of sp³-hybridized carbons (Fsp3) is 0.240. The van der Waals surface area contributed by atoms with Crippen LogP contribution < -0.4 is 4.74 Å². The maximum atomic E-state index is 6.02. The SMILES string of the molecule is CCOc1ccccc1C1c2[nH]c3ccccc3c2CCN1Cc1ccccn1. The van der Waals surface area contributed by atoms with Crippen molar-refractivity contribution in [3.05, 3.63) is 95.4 Å². The molecule has 1 N–H and O–H groups in total. The average molecular weight is 383 g/mol. The zero-order valence-corrected chi connectivity index (χ0v) is 16.6. The highest BCUT2D eigenvalue weighted by molar-refractivity contribution is 5.85. The molecule has 1 unspecified atom stereocenters. The van der Waals surface area contributed by atoms with E-state index in [0.717, 1.165) is 31.0 Å². The van der Waals surface area contributed by atoms with Gasteiger partial charge in [-0.3, -0.25) is 9.88 Å². The highest BCUT2D eigenvalue weighted by Gasteiger charge is 2.33. The summed E-state index contributed by atoms with van der Waals surface area (Å²) in [5.74, 6) is 0.956. The van der Waals surface area contributed by atoms with Crippen molar-refractivity contribution in [1.82, 2.24) is 14.9 Å². The summed E-state index contributed by atoms with van der Waals surface area (Å²) in [6, 6.07) is 23.3. The van der Waals surface area contributed by atoms with Crippen LogP contribution in [0.1, 0.15) is 35.5 Å². The Morgan fingerprint density at radius 3 is 2.72 bits per heavy atom. The van der Waals surface area contributed by atoms with Crippen molar-refractivity contribution in [3.63, 3.8) is 0 Å². The lowest BCUT2D eigenvalue weighted by Crippen LogP contribution is -2.36. The maximum Gasteiger partial charge on any atom is 0.124 e. The maximum absolute atomic E-state index is 6.02. The van der Waals surface area contributed by atoms with Crippen LogP contribution in [0.15, 0.2) is 72.9 Å². The van der Waals surface area contributed by atoms with E-state index in [1.165, 1.54) is 27.7 Å². The van der Waals surface area contributed by atoms with Crippen LogP contribution in [0, 0.1) is 0 Å². The number of H-pyrrole nitrogens is 1. The van der Waals surface area contributed by atoms with E-state index < -0.39 is 0 Å². The molecule has 0 spiro atoms. The molecule has 0 saturated carbocycles. The van der Waals surface area contributed by atoms with Gasteiger partial charge in [0.05, 0.1) is 18.3 Å². The fourth-order valence-corrected chi connectivity index (χ4v) is 4.51. The van der Waals surface area contributed by atoms with Crippen molar-refractivity contribution in [1.29, 1.82) is 0 Å². The van der Waals surface area contributed by atoms with E-state index >= 15 is 0 Å². The van der Waals surface area contributed by atoms with Crippen molar-refractivity contribution in [2.24, 2.45) is 0 Å². The number of benzene rings is 2. The number of para-hydroxylation sites is 2. The average Bonchev–Trinajstić information content (AvgIpc) is 3.14. The number of nitrogens with zero attached hydrogens (tertiary/aromatic N) is 2. The predicted molar refractivity (Wildman–Crippen MR) is 116 cm³/mol. The third-order valence-corrected chi connectivity index (χ3v) is 5.74. The normalized spacial score (nSPS) is 16.7. The van der Waals surface area contributed by atoms with Gasteiger partial charge in [0.2, 0.25) is 0 Å². The molecule has 0 radical (unpaired) electrons. The fourth-order valence-electron chi connectivity index (χ4n) is 4.51. The first kappa shape index (κ1) is 18.0. The van der Waals surface area contributed by atoms with Crippen molar-refractivity contribution in [2.45, 2.75) is 25.9 Å². The van der Waals surface area contributed by atoms with Crippen molar-refractivity contribution in [2.75, 3.05) is 13.2 Å². The molecular weight excluding hydrogens is 358 g/mol. The van der Waals surface area contributed by atoms with Crippen LogP contribution >= 0.6 is 0 Å². The van der Waals surface area contributed by atoms with Gasteiger partial charge >= 0.3 is 0 Å². The van der Waals surface area contributed by atoms with Crippen LogP contribution in [0.4, 0.5) is 0 Å². The Morgan fingerprint density at radius 1 is 1.03 bits per heavy atom. The summed E-state index contributed by atoms with van der Waals surface area (Å²) in [4.78, 5) is 10.8. The molecule has 146 valence electrons. The molecule has 0 aliphatic carbocycles. The van der Waals surface area contributed by atoms with E-state index in [2.05, 4.69) is 69.5 Å². The first-order valence-corrected chi connectivity index (χ1v) is 10.3. The van der Waals surface area contributed by atoms with Gasteiger partial charge in [-0.05, 0) is 43.2 Å². The number of aromatic amines is 1. The minimum absolute atomic E-state index is 0.107. The Labute approximate surface area is 171 Å². The predicted octanol–water partition coefficient (Wildman–Crippen LogP) is 5.11. The second-order valence-electron chi connectivity index (χ2n) is 7.48. The van der Waals surface area contributed by atoms with Gasteiger partial charge in [-0.15, -0.1) is 0 Å². The van der Waals surface area contributed by atoms with Crippen molar-refractivity contribution < 1.29 is 4.74 Å². The topological polar surface area (TPSA) is 41.1 Å². The summed E-state index contributed by atoms with van der Waals surface area (Å²) in [6.07, 6.45) is 2.90.